The van der Waals surface area contributed by atoms with Crippen LogP contribution in [0.3, 0.4) is 0 Å². The van der Waals surface area contributed by atoms with Crippen molar-refractivity contribution in [2.45, 2.75) is 13.8 Å². The predicted octanol–water partition coefficient (Wildman–Crippen LogP) is 2.35. The van der Waals surface area contributed by atoms with Crippen LogP contribution >= 0.6 is 0 Å². The molecule has 7 heteroatoms. The van der Waals surface area contributed by atoms with Crippen molar-refractivity contribution in [2.75, 3.05) is 7.11 Å². The summed E-state index contributed by atoms with van der Waals surface area (Å²) in [5, 5.41) is 11.7. The Kier molecular flexibility index (Phi) is 4.24. The van der Waals surface area contributed by atoms with Gasteiger partial charge in [0.1, 0.15) is 12.7 Å². The molecule has 0 aliphatic heterocycles. The van der Waals surface area contributed by atoms with Crippen LogP contribution in [0.5, 0.6) is 0 Å². The summed E-state index contributed by atoms with van der Waals surface area (Å²) < 4.78 is 8.37. The second-order valence-corrected chi connectivity index (χ2v) is 5.29. The van der Waals surface area contributed by atoms with Crippen molar-refractivity contribution in [3.05, 3.63) is 65.5 Å². The van der Waals surface area contributed by atoms with E-state index in [0.717, 1.165) is 22.6 Å². The first-order valence-corrected chi connectivity index (χ1v) is 7.37. The standard InChI is InChI=1S/C17H17N5O2/c1-12-8-15(9-20-21-10-18-19-11-21)13(2)22(12)16-6-4-14(5-7-16)17(23)24-3/h4-11H,1-3H3/b20-9-. The highest BCUT2D eigenvalue weighted by molar-refractivity contribution is 5.89. The van der Waals surface area contributed by atoms with Crippen LogP contribution in [0.1, 0.15) is 27.3 Å². The number of ether oxygens (including phenoxy) is 1. The quantitative estimate of drug-likeness (QED) is 0.546. The highest BCUT2D eigenvalue weighted by Crippen LogP contribution is 2.20. The maximum atomic E-state index is 11.5. The Hall–Kier alpha value is -3.22. The van der Waals surface area contributed by atoms with E-state index < -0.39 is 0 Å². The van der Waals surface area contributed by atoms with Gasteiger partial charge in [-0.2, -0.15) is 5.10 Å². The fraction of sp³-hybridized carbons (Fsp3) is 0.176. The van der Waals surface area contributed by atoms with Gasteiger partial charge >= 0.3 is 5.97 Å². The summed E-state index contributed by atoms with van der Waals surface area (Å²) in [6.07, 6.45) is 4.83. The lowest BCUT2D eigenvalue weighted by Gasteiger charge is -2.10. The maximum absolute atomic E-state index is 11.5. The third-order valence-corrected chi connectivity index (χ3v) is 3.75. The van der Waals surface area contributed by atoms with Crippen molar-refractivity contribution in [1.29, 1.82) is 0 Å². The minimum Gasteiger partial charge on any atom is -0.465 e. The highest BCUT2D eigenvalue weighted by atomic mass is 16.5. The molecule has 0 bridgehead atoms. The lowest BCUT2D eigenvalue weighted by Crippen LogP contribution is -2.03. The fourth-order valence-electron chi connectivity index (χ4n) is 2.56. The van der Waals surface area contributed by atoms with Gasteiger partial charge in [-0.3, -0.25) is 0 Å². The van der Waals surface area contributed by atoms with E-state index in [2.05, 4.69) is 25.9 Å². The SMILES string of the molecule is COC(=O)c1ccc(-n2c(C)cc(/C=N\n3cnnc3)c2C)cc1. The van der Waals surface area contributed by atoms with Crippen LogP contribution < -0.4 is 0 Å². The Morgan fingerprint density at radius 1 is 1.17 bits per heavy atom. The molecule has 0 N–H and O–H groups in total. The number of hydrogen-bond acceptors (Lipinski definition) is 5. The molecule has 3 rings (SSSR count). The Balaban J connectivity index is 1.93. The number of carbonyl (C=O) groups is 1. The van der Waals surface area contributed by atoms with Crippen molar-refractivity contribution in [2.24, 2.45) is 5.10 Å². The normalized spacial score (nSPS) is 11.1. The van der Waals surface area contributed by atoms with E-state index in [1.165, 1.54) is 24.4 Å². The van der Waals surface area contributed by atoms with Gasteiger partial charge < -0.3 is 9.30 Å². The molecule has 2 aromatic heterocycles. The second kappa shape index (κ2) is 6.49. The number of carbonyl (C=O) groups excluding carboxylic acids is 1. The Bertz CT molecular complexity index is 877. The van der Waals surface area contributed by atoms with Gasteiger partial charge in [0, 0.05) is 22.6 Å². The molecule has 0 saturated heterocycles. The van der Waals surface area contributed by atoms with Crippen LogP contribution in [0, 0.1) is 13.8 Å². The van der Waals surface area contributed by atoms with E-state index in [4.69, 9.17) is 4.74 Å². The van der Waals surface area contributed by atoms with Gasteiger partial charge in [-0.05, 0) is 44.2 Å². The van der Waals surface area contributed by atoms with Crippen LogP contribution in [0.25, 0.3) is 5.69 Å². The summed E-state index contributed by atoms with van der Waals surface area (Å²) in [6, 6.07) is 9.35. The molecule has 0 amide bonds. The van der Waals surface area contributed by atoms with Gasteiger partial charge in [-0.1, -0.05) is 0 Å². The van der Waals surface area contributed by atoms with Crippen molar-refractivity contribution >= 4 is 12.2 Å². The van der Waals surface area contributed by atoms with E-state index in [-0.39, 0.29) is 5.97 Å². The third kappa shape index (κ3) is 2.96. The third-order valence-electron chi connectivity index (χ3n) is 3.75. The molecule has 0 aliphatic carbocycles. The van der Waals surface area contributed by atoms with E-state index in [0.29, 0.717) is 5.56 Å². The summed E-state index contributed by atoms with van der Waals surface area (Å²) in [5.41, 5.74) is 4.62. The van der Waals surface area contributed by atoms with E-state index >= 15 is 0 Å². The average Bonchev–Trinajstić information content (AvgIpc) is 3.20. The van der Waals surface area contributed by atoms with Crippen LogP contribution in [-0.4, -0.2) is 38.7 Å². The van der Waals surface area contributed by atoms with E-state index in [9.17, 15) is 4.79 Å². The molecular formula is C17H17N5O2. The van der Waals surface area contributed by atoms with Crippen LogP contribution in [0.2, 0.25) is 0 Å². The molecule has 0 saturated carbocycles. The van der Waals surface area contributed by atoms with Gasteiger partial charge in [0.25, 0.3) is 0 Å². The fourth-order valence-corrected chi connectivity index (χ4v) is 2.56. The van der Waals surface area contributed by atoms with Gasteiger partial charge in [0.2, 0.25) is 0 Å². The molecule has 0 spiro atoms. The Labute approximate surface area is 139 Å². The minimum absolute atomic E-state index is 0.343. The number of nitrogens with zero attached hydrogens (tertiary/aromatic N) is 5. The van der Waals surface area contributed by atoms with Crippen LogP contribution in [-0.2, 0) is 4.74 Å². The van der Waals surface area contributed by atoms with E-state index in [1.807, 2.05) is 26.0 Å². The number of methoxy groups -OCH3 is 1. The number of aryl methyl sites for hydroxylation is 1. The van der Waals surface area contributed by atoms with Crippen LogP contribution in [0.4, 0.5) is 0 Å². The first-order valence-electron chi connectivity index (χ1n) is 7.37. The van der Waals surface area contributed by atoms with Crippen molar-refractivity contribution in [1.82, 2.24) is 19.4 Å². The average molecular weight is 323 g/mol. The molecule has 122 valence electrons. The van der Waals surface area contributed by atoms with Crippen LogP contribution in [0.15, 0.2) is 48.1 Å². The molecule has 0 atom stereocenters. The zero-order valence-electron chi connectivity index (χ0n) is 13.7. The molecular weight excluding hydrogens is 306 g/mol. The van der Waals surface area contributed by atoms with Gasteiger partial charge in [0.15, 0.2) is 0 Å². The van der Waals surface area contributed by atoms with Gasteiger partial charge in [-0.15, -0.1) is 10.2 Å². The Morgan fingerprint density at radius 2 is 1.83 bits per heavy atom. The highest BCUT2D eigenvalue weighted by Gasteiger charge is 2.11. The first kappa shape index (κ1) is 15.7. The molecule has 0 aliphatic rings. The zero-order valence-corrected chi connectivity index (χ0v) is 13.7. The second-order valence-electron chi connectivity index (χ2n) is 5.29. The number of rotatable bonds is 4. The summed E-state index contributed by atoms with van der Waals surface area (Å²) in [5.74, 6) is -0.343. The molecule has 0 unspecified atom stereocenters. The number of benzene rings is 1. The number of hydrogen-bond donors (Lipinski definition) is 0. The monoisotopic (exact) mass is 323 g/mol. The smallest absolute Gasteiger partial charge is 0.337 e. The Morgan fingerprint density at radius 3 is 2.46 bits per heavy atom. The summed E-state index contributed by atoms with van der Waals surface area (Å²) in [6.45, 7) is 4.05. The summed E-state index contributed by atoms with van der Waals surface area (Å²) >= 11 is 0. The number of aromatic nitrogens is 4. The first-order chi connectivity index (χ1) is 11.6. The van der Waals surface area contributed by atoms with Crippen molar-refractivity contribution < 1.29 is 9.53 Å². The molecule has 7 nitrogen and oxygen atoms in total. The summed E-state index contributed by atoms with van der Waals surface area (Å²) in [7, 11) is 1.37. The molecule has 24 heavy (non-hydrogen) atoms. The van der Waals surface area contributed by atoms with Crippen molar-refractivity contribution in [3.63, 3.8) is 0 Å². The maximum Gasteiger partial charge on any atom is 0.337 e. The number of esters is 1. The molecule has 0 radical (unpaired) electrons. The molecule has 0 fully saturated rings. The lowest BCUT2D eigenvalue weighted by molar-refractivity contribution is 0.0601. The van der Waals surface area contributed by atoms with Gasteiger partial charge in [0.05, 0.1) is 18.9 Å². The minimum atomic E-state index is -0.343. The molecule has 2 heterocycles. The molecule has 1 aromatic carbocycles. The lowest BCUT2D eigenvalue weighted by atomic mass is 10.2. The summed E-state index contributed by atoms with van der Waals surface area (Å²) in [4.78, 5) is 11.5. The van der Waals surface area contributed by atoms with E-state index in [1.54, 1.807) is 18.3 Å². The largest absolute Gasteiger partial charge is 0.465 e. The topological polar surface area (TPSA) is 74.3 Å². The van der Waals surface area contributed by atoms with Crippen molar-refractivity contribution in [3.8, 4) is 5.69 Å². The van der Waals surface area contributed by atoms with Gasteiger partial charge in [-0.25, -0.2) is 9.47 Å². The zero-order chi connectivity index (χ0) is 17.1. The molecule has 3 aromatic rings. The predicted molar refractivity (Wildman–Crippen MR) is 89.6 cm³/mol.